The third-order valence-electron chi connectivity index (χ3n) is 4.29. The van der Waals surface area contributed by atoms with Gasteiger partial charge in [0.1, 0.15) is 11.6 Å². The molecule has 1 aliphatic rings. The molecule has 6 nitrogen and oxygen atoms in total. The van der Waals surface area contributed by atoms with Crippen LogP contribution in [0.2, 0.25) is 0 Å². The van der Waals surface area contributed by atoms with Gasteiger partial charge in [0.25, 0.3) is 0 Å². The average molecular weight is 357 g/mol. The Hall–Kier alpha value is -3.67. The molecule has 6 heteroatoms. The molecule has 2 aromatic carbocycles. The van der Waals surface area contributed by atoms with Gasteiger partial charge in [-0.1, -0.05) is 24.3 Å². The number of aromatic nitrogens is 2. The lowest BCUT2D eigenvalue weighted by Gasteiger charge is -2.10. The summed E-state index contributed by atoms with van der Waals surface area (Å²) in [5.41, 5.74) is 11.1. The van der Waals surface area contributed by atoms with E-state index in [1.54, 1.807) is 19.4 Å². The van der Waals surface area contributed by atoms with Gasteiger partial charge in [-0.3, -0.25) is 4.99 Å². The van der Waals surface area contributed by atoms with Crippen molar-refractivity contribution in [1.82, 2.24) is 9.97 Å². The van der Waals surface area contributed by atoms with Crippen molar-refractivity contribution in [3.05, 3.63) is 70.9 Å². The van der Waals surface area contributed by atoms with E-state index in [0.29, 0.717) is 12.4 Å². The molecule has 2 heterocycles. The van der Waals surface area contributed by atoms with Crippen molar-refractivity contribution in [1.29, 1.82) is 0 Å². The van der Waals surface area contributed by atoms with Crippen LogP contribution in [0.1, 0.15) is 22.3 Å². The lowest BCUT2D eigenvalue weighted by Crippen LogP contribution is -2.00. The van der Waals surface area contributed by atoms with E-state index in [1.165, 1.54) is 5.56 Å². The summed E-state index contributed by atoms with van der Waals surface area (Å²) >= 11 is 0. The van der Waals surface area contributed by atoms with E-state index in [-0.39, 0.29) is 5.95 Å². The van der Waals surface area contributed by atoms with Crippen molar-refractivity contribution >= 4 is 35.8 Å². The summed E-state index contributed by atoms with van der Waals surface area (Å²) in [6, 6.07) is 13.9. The summed E-state index contributed by atoms with van der Waals surface area (Å²) in [4.78, 5) is 12.5. The molecule has 3 N–H and O–H groups in total. The van der Waals surface area contributed by atoms with Crippen LogP contribution in [0, 0.1) is 0 Å². The molecular formula is C21H19N5O. The Morgan fingerprint density at radius 1 is 1.15 bits per heavy atom. The van der Waals surface area contributed by atoms with Crippen LogP contribution < -0.4 is 15.8 Å². The highest BCUT2D eigenvalue weighted by Crippen LogP contribution is 2.28. The second-order valence-electron chi connectivity index (χ2n) is 6.14. The Labute approximate surface area is 157 Å². The molecule has 0 bridgehead atoms. The van der Waals surface area contributed by atoms with E-state index >= 15 is 0 Å². The normalized spacial score (nSPS) is 12.3. The molecule has 0 saturated heterocycles. The number of rotatable bonds is 5. The first-order chi connectivity index (χ1) is 13.2. The Bertz CT molecular complexity index is 1040. The number of nitrogens with two attached hydrogens (primary N) is 1. The third-order valence-corrected chi connectivity index (χ3v) is 4.29. The van der Waals surface area contributed by atoms with E-state index in [4.69, 9.17) is 10.5 Å². The number of nitrogens with zero attached hydrogens (tertiary/aromatic N) is 3. The van der Waals surface area contributed by atoms with Gasteiger partial charge in [-0.05, 0) is 52.6 Å². The second kappa shape index (κ2) is 7.29. The molecule has 0 unspecified atom stereocenters. The molecule has 0 saturated carbocycles. The molecule has 3 aromatic rings. The molecule has 4 rings (SSSR count). The molecule has 0 fully saturated rings. The van der Waals surface area contributed by atoms with Gasteiger partial charge in [-0.15, -0.1) is 0 Å². The highest BCUT2D eigenvalue weighted by atomic mass is 16.5. The zero-order valence-electron chi connectivity index (χ0n) is 14.9. The molecule has 27 heavy (non-hydrogen) atoms. The number of fused-ring (bicyclic) bond motifs is 1. The largest absolute Gasteiger partial charge is 0.497 e. The predicted octanol–water partition coefficient (Wildman–Crippen LogP) is 3.91. The minimum absolute atomic E-state index is 0.237. The van der Waals surface area contributed by atoms with Gasteiger partial charge in [-0.25, -0.2) is 4.98 Å². The first-order valence-electron chi connectivity index (χ1n) is 8.56. The van der Waals surface area contributed by atoms with E-state index in [1.807, 2.05) is 30.5 Å². The highest BCUT2D eigenvalue weighted by Gasteiger charge is 2.12. The fourth-order valence-corrected chi connectivity index (χ4v) is 2.99. The number of methoxy groups -OCH3 is 1. The summed E-state index contributed by atoms with van der Waals surface area (Å²) in [5, 5.41) is 3.28. The maximum atomic E-state index is 5.66. The monoisotopic (exact) mass is 357 g/mol. The number of aliphatic imine (C=N–C) groups is 1. The van der Waals surface area contributed by atoms with Gasteiger partial charge in [0.2, 0.25) is 5.95 Å². The number of nitrogens with one attached hydrogen (secondary N) is 1. The van der Waals surface area contributed by atoms with Crippen molar-refractivity contribution in [2.24, 2.45) is 4.99 Å². The standard InChI is InChI=1S/C21H19N5O/c1-27-18-4-2-3-14(9-18)5-6-15-10-17(11-16-12-23-13-19(15)16)25-20-7-8-24-21(22)26-20/h2-12H,13H2,1H3,(H3,22,24,25,26)/b6-5+. The van der Waals surface area contributed by atoms with Gasteiger partial charge < -0.3 is 15.8 Å². The Morgan fingerprint density at radius 3 is 2.93 bits per heavy atom. The Balaban J connectivity index is 1.66. The Morgan fingerprint density at radius 2 is 2.07 bits per heavy atom. The van der Waals surface area contributed by atoms with Crippen molar-refractivity contribution < 1.29 is 4.74 Å². The molecule has 1 aliphatic heterocycles. The molecule has 0 amide bonds. The summed E-state index contributed by atoms with van der Waals surface area (Å²) in [6.07, 6.45) is 7.70. The predicted molar refractivity (Wildman–Crippen MR) is 109 cm³/mol. The summed E-state index contributed by atoms with van der Waals surface area (Å²) < 4.78 is 5.29. The minimum atomic E-state index is 0.237. The number of hydrogen-bond donors (Lipinski definition) is 2. The molecule has 0 aliphatic carbocycles. The number of nitrogen functional groups attached to an aromatic ring is 1. The lowest BCUT2D eigenvalue weighted by atomic mass is 10.0. The van der Waals surface area contributed by atoms with E-state index < -0.39 is 0 Å². The fourth-order valence-electron chi connectivity index (χ4n) is 2.99. The van der Waals surface area contributed by atoms with E-state index in [9.17, 15) is 0 Å². The van der Waals surface area contributed by atoms with Crippen LogP contribution in [-0.2, 0) is 6.54 Å². The van der Waals surface area contributed by atoms with Gasteiger partial charge in [0.05, 0.1) is 13.7 Å². The van der Waals surface area contributed by atoms with Crippen LogP contribution in [0.4, 0.5) is 17.5 Å². The molecule has 1 aromatic heterocycles. The minimum Gasteiger partial charge on any atom is -0.497 e. The number of anilines is 3. The van der Waals surface area contributed by atoms with Gasteiger partial charge in [-0.2, -0.15) is 4.98 Å². The topological polar surface area (TPSA) is 85.4 Å². The smallest absolute Gasteiger partial charge is 0.221 e. The third kappa shape index (κ3) is 3.79. The molecule has 0 spiro atoms. The van der Waals surface area contributed by atoms with Crippen molar-refractivity contribution in [2.75, 3.05) is 18.2 Å². The van der Waals surface area contributed by atoms with Gasteiger partial charge in [0.15, 0.2) is 0 Å². The number of ether oxygens (including phenoxy) is 1. The molecule has 0 radical (unpaired) electrons. The summed E-state index contributed by atoms with van der Waals surface area (Å²) in [5.74, 6) is 1.73. The average Bonchev–Trinajstić information content (AvgIpc) is 3.15. The number of hydrogen-bond acceptors (Lipinski definition) is 6. The Kier molecular flexibility index (Phi) is 4.53. The van der Waals surface area contributed by atoms with Crippen molar-refractivity contribution in [3.63, 3.8) is 0 Å². The maximum absolute atomic E-state index is 5.66. The summed E-state index contributed by atoms with van der Waals surface area (Å²) in [6.45, 7) is 0.688. The molecular weight excluding hydrogens is 338 g/mol. The van der Waals surface area contributed by atoms with Gasteiger partial charge in [0, 0.05) is 18.1 Å². The van der Waals surface area contributed by atoms with Crippen LogP contribution in [0.15, 0.2) is 53.7 Å². The van der Waals surface area contributed by atoms with Gasteiger partial charge >= 0.3 is 0 Å². The second-order valence-corrected chi connectivity index (χ2v) is 6.14. The fraction of sp³-hybridized carbons (Fsp3) is 0.0952. The molecule has 0 atom stereocenters. The van der Waals surface area contributed by atoms with E-state index in [0.717, 1.165) is 28.1 Å². The zero-order valence-corrected chi connectivity index (χ0v) is 14.9. The SMILES string of the molecule is COc1cccc(/C=C/c2cc(Nc3ccnc(N)n3)cc3c2CN=C3)c1. The lowest BCUT2D eigenvalue weighted by molar-refractivity contribution is 0.414. The van der Waals surface area contributed by atoms with Crippen molar-refractivity contribution in [3.8, 4) is 5.75 Å². The number of benzene rings is 2. The van der Waals surface area contributed by atoms with Crippen molar-refractivity contribution in [2.45, 2.75) is 6.54 Å². The maximum Gasteiger partial charge on any atom is 0.221 e. The first kappa shape index (κ1) is 16.8. The van der Waals surface area contributed by atoms with Crippen LogP contribution in [0.5, 0.6) is 5.75 Å². The van der Waals surface area contributed by atoms with Crippen LogP contribution in [0.3, 0.4) is 0 Å². The van der Waals surface area contributed by atoms with E-state index in [2.05, 4.69) is 44.6 Å². The van der Waals surface area contributed by atoms with Crippen LogP contribution in [0.25, 0.3) is 12.2 Å². The first-order valence-corrected chi connectivity index (χ1v) is 8.56. The molecule has 134 valence electrons. The summed E-state index contributed by atoms with van der Waals surface area (Å²) in [7, 11) is 1.67. The quantitative estimate of drug-likeness (QED) is 0.676. The zero-order chi connectivity index (χ0) is 18.6. The van der Waals surface area contributed by atoms with Crippen LogP contribution >= 0.6 is 0 Å². The van der Waals surface area contributed by atoms with Crippen LogP contribution in [-0.4, -0.2) is 23.3 Å². The highest BCUT2D eigenvalue weighted by molar-refractivity contribution is 5.90.